The second-order valence-electron chi connectivity index (χ2n) is 8.85. The molecule has 3 atom stereocenters. The van der Waals surface area contributed by atoms with Crippen LogP contribution in [-0.2, 0) is 6.18 Å². The lowest BCUT2D eigenvalue weighted by atomic mass is 9.77. The molecular formula is C24H21F4N5O2. The van der Waals surface area contributed by atoms with Gasteiger partial charge in [0.1, 0.15) is 11.8 Å². The lowest BCUT2D eigenvalue weighted by Crippen LogP contribution is -2.59. The maximum Gasteiger partial charge on any atom is 0.417 e. The van der Waals surface area contributed by atoms with Gasteiger partial charge in [-0.25, -0.2) is 19.3 Å². The number of halogens is 4. The van der Waals surface area contributed by atoms with E-state index in [4.69, 9.17) is 4.74 Å². The van der Waals surface area contributed by atoms with Crippen LogP contribution in [0.4, 0.5) is 17.6 Å². The summed E-state index contributed by atoms with van der Waals surface area (Å²) >= 11 is 0. The number of hydrogen-bond donors (Lipinski definition) is 0. The van der Waals surface area contributed by atoms with Gasteiger partial charge in [0.05, 0.1) is 17.2 Å². The minimum absolute atomic E-state index is 0.112. The number of rotatable bonds is 4. The first-order valence-electron chi connectivity index (χ1n) is 11.1. The van der Waals surface area contributed by atoms with E-state index in [0.29, 0.717) is 48.7 Å². The number of hydrogen-bond acceptors (Lipinski definition) is 6. The maximum absolute atomic E-state index is 14.4. The smallest absolute Gasteiger partial charge is 0.417 e. The predicted octanol–water partition coefficient (Wildman–Crippen LogP) is 4.47. The molecule has 182 valence electrons. The first-order valence-corrected chi connectivity index (χ1v) is 11.1. The standard InChI is InChI=1S/C24H21F4N5O2/c1-13-7-16(20(31-10-13)21-29-5-2-6-30-21)23(34)33-12-14-3-4-18(33)19(8-14)35-22-17(25)9-15(11-32-22)24(26,27)28/h2,5-7,9-11,14,18-19H,3-4,8,12H2,1H3. The average Bonchev–Trinajstić information content (AvgIpc) is 2.85. The lowest BCUT2D eigenvalue weighted by Gasteiger charge is -2.49. The summed E-state index contributed by atoms with van der Waals surface area (Å²) in [6, 6.07) is 3.38. The molecule has 3 aromatic rings. The highest BCUT2D eigenvalue weighted by molar-refractivity contribution is 5.99. The molecule has 3 aromatic heterocycles. The molecule has 0 N–H and O–H groups in total. The molecule has 2 aliphatic heterocycles. The first kappa shape index (κ1) is 23.1. The monoisotopic (exact) mass is 487 g/mol. The van der Waals surface area contributed by atoms with Crippen molar-refractivity contribution in [3.63, 3.8) is 0 Å². The van der Waals surface area contributed by atoms with Crippen LogP contribution >= 0.6 is 0 Å². The van der Waals surface area contributed by atoms with Crippen LogP contribution in [0, 0.1) is 18.7 Å². The molecule has 6 rings (SSSR count). The summed E-state index contributed by atoms with van der Waals surface area (Å²) in [5.41, 5.74) is 0.308. The molecule has 7 nitrogen and oxygen atoms in total. The van der Waals surface area contributed by atoms with Crippen LogP contribution in [0.1, 0.15) is 40.7 Å². The van der Waals surface area contributed by atoms with E-state index >= 15 is 0 Å². The summed E-state index contributed by atoms with van der Waals surface area (Å²) in [5.74, 6) is -1.53. The van der Waals surface area contributed by atoms with Crippen molar-refractivity contribution in [1.29, 1.82) is 0 Å². The van der Waals surface area contributed by atoms with Crippen LogP contribution in [0.2, 0.25) is 0 Å². The normalized spacial score (nSPS) is 21.7. The number of aryl methyl sites for hydroxylation is 1. The molecule has 3 fully saturated rings. The van der Waals surface area contributed by atoms with Crippen LogP contribution in [-0.4, -0.2) is 49.4 Å². The van der Waals surface area contributed by atoms with Gasteiger partial charge in [-0.1, -0.05) is 0 Å². The Morgan fingerprint density at radius 1 is 1.09 bits per heavy atom. The molecule has 3 unspecified atom stereocenters. The van der Waals surface area contributed by atoms with Gasteiger partial charge in [0.15, 0.2) is 11.6 Å². The van der Waals surface area contributed by atoms with E-state index in [0.717, 1.165) is 12.0 Å². The molecule has 1 aliphatic carbocycles. The summed E-state index contributed by atoms with van der Waals surface area (Å²) in [4.78, 5) is 31.8. The number of amides is 1. The largest absolute Gasteiger partial charge is 0.470 e. The number of carbonyl (C=O) groups is 1. The summed E-state index contributed by atoms with van der Waals surface area (Å²) in [6.07, 6.45) is 2.06. The third-order valence-corrected chi connectivity index (χ3v) is 6.41. The van der Waals surface area contributed by atoms with Crippen LogP contribution in [0.3, 0.4) is 0 Å². The zero-order valence-electron chi connectivity index (χ0n) is 18.7. The van der Waals surface area contributed by atoms with E-state index in [1.54, 1.807) is 35.6 Å². The summed E-state index contributed by atoms with van der Waals surface area (Å²) in [7, 11) is 0. The fraction of sp³-hybridized carbons (Fsp3) is 0.375. The molecule has 0 spiro atoms. The van der Waals surface area contributed by atoms with E-state index in [1.165, 1.54) is 0 Å². The Hall–Kier alpha value is -3.63. The molecule has 2 bridgehead atoms. The van der Waals surface area contributed by atoms with Gasteiger partial charge in [-0.2, -0.15) is 13.2 Å². The van der Waals surface area contributed by atoms with Gasteiger partial charge in [0.2, 0.25) is 0 Å². The molecule has 35 heavy (non-hydrogen) atoms. The summed E-state index contributed by atoms with van der Waals surface area (Å²) in [5, 5.41) is 0. The van der Waals surface area contributed by atoms with Crippen LogP contribution in [0.5, 0.6) is 5.88 Å². The highest BCUT2D eigenvalue weighted by atomic mass is 19.4. The van der Waals surface area contributed by atoms with E-state index in [9.17, 15) is 22.4 Å². The molecular weight excluding hydrogens is 466 g/mol. The number of nitrogens with zero attached hydrogens (tertiary/aromatic N) is 5. The highest BCUT2D eigenvalue weighted by Gasteiger charge is 2.45. The fourth-order valence-corrected chi connectivity index (χ4v) is 4.79. The van der Waals surface area contributed by atoms with Gasteiger partial charge in [-0.15, -0.1) is 0 Å². The van der Waals surface area contributed by atoms with Gasteiger partial charge in [-0.3, -0.25) is 9.78 Å². The van der Waals surface area contributed by atoms with E-state index in [2.05, 4.69) is 19.9 Å². The molecule has 3 aliphatic rings. The van der Waals surface area contributed by atoms with Crippen molar-refractivity contribution in [1.82, 2.24) is 24.8 Å². The average molecular weight is 487 g/mol. The van der Waals surface area contributed by atoms with Gasteiger partial charge >= 0.3 is 6.18 Å². The van der Waals surface area contributed by atoms with Crippen LogP contribution < -0.4 is 4.74 Å². The van der Waals surface area contributed by atoms with Crippen molar-refractivity contribution in [3.8, 4) is 17.4 Å². The Morgan fingerprint density at radius 3 is 2.54 bits per heavy atom. The van der Waals surface area contributed by atoms with Crippen molar-refractivity contribution in [2.75, 3.05) is 6.54 Å². The first-order chi connectivity index (χ1) is 16.7. The number of pyridine rings is 2. The van der Waals surface area contributed by atoms with Crippen molar-refractivity contribution in [3.05, 3.63) is 65.5 Å². The molecule has 11 heteroatoms. The molecule has 0 radical (unpaired) electrons. The quantitative estimate of drug-likeness (QED) is 0.505. The minimum Gasteiger partial charge on any atom is -0.470 e. The van der Waals surface area contributed by atoms with E-state index < -0.39 is 29.5 Å². The Bertz CT molecular complexity index is 1250. The number of piperidine rings is 2. The van der Waals surface area contributed by atoms with Gasteiger partial charge < -0.3 is 9.64 Å². The number of aromatic nitrogens is 4. The Kier molecular flexibility index (Phi) is 5.86. The lowest BCUT2D eigenvalue weighted by molar-refractivity contribution is -0.138. The molecule has 2 saturated heterocycles. The maximum atomic E-state index is 14.4. The minimum atomic E-state index is -4.71. The molecule has 1 amide bonds. The Labute approximate surface area is 198 Å². The van der Waals surface area contributed by atoms with Crippen molar-refractivity contribution in [2.24, 2.45) is 5.92 Å². The van der Waals surface area contributed by atoms with E-state index in [1.807, 2.05) is 6.92 Å². The van der Waals surface area contributed by atoms with Crippen molar-refractivity contribution < 1.29 is 27.1 Å². The number of alkyl halides is 3. The second-order valence-corrected chi connectivity index (χ2v) is 8.85. The fourth-order valence-electron chi connectivity index (χ4n) is 4.79. The van der Waals surface area contributed by atoms with Crippen LogP contribution in [0.15, 0.2) is 43.0 Å². The van der Waals surface area contributed by atoms with Crippen LogP contribution in [0.25, 0.3) is 11.5 Å². The Balaban J connectivity index is 1.42. The predicted molar refractivity (Wildman–Crippen MR) is 116 cm³/mol. The van der Waals surface area contributed by atoms with Gasteiger partial charge in [-0.05, 0) is 55.9 Å². The molecule has 0 aromatic carbocycles. The van der Waals surface area contributed by atoms with Crippen molar-refractivity contribution >= 4 is 5.91 Å². The third kappa shape index (κ3) is 4.54. The summed E-state index contributed by atoms with van der Waals surface area (Å²) < 4.78 is 58.7. The van der Waals surface area contributed by atoms with Crippen molar-refractivity contribution in [2.45, 2.75) is 44.5 Å². The van der Waals surface area contributed by atoms with Gasteiger partial charge in [0.25, 0.3) is 11.8 Å². The highest BCUT2D eigenvalue weighted by Crippen LogP contribution is 2.39. The topological polar surface area (TPSA) is 81.1 Å². The number of carbonyl (C=O) groups excluding carboxylic acids is 1. The van der Waals surface area contributed by atoms with E-state index in [-0.39, 0.29) is 17.9 Å². The zero-order valence-corrected chi connectivity index (χ0v) is 18.7. The number of fused-ring (bicyclic) bond motifs is 3. The molecule has 5 heterocycles. The number of ether oxygens (including phenoxy) is 1. The SMILES string of the molecule is Cc1cnc(-c2ncccn2)c(C(=O)N2CC3CCC2C(Oc2ncc(C(F)(F)F)cc2F)C3)c1. The zero-order chi connectivity index (χ0) is 24.7. The third-order valence-electron chi connectivity index (χ3n) is 6.41. The second kappa shape index (κ2) is 8.86. The summed E-state index contributed by atoms with van der Waals surface area (Å²) in [6.45, 7) is 2.32. The Morgan fingerprint density at radius 2 is 1.86 bits per heavy atom. The van der Waals surface area contributed by atoms with Gasteiger partial charge in [0, 0.05) is 31.3 Å². The molecule has 1 saturated carbocycles.